The van der Waals surface area contributed by atoms with Gasteiger partial charge in [-0.1, -0.05) is 252 Å². The van der Waals surface area contributed by atoms with E-state index in [1.165, 1.54) is 116 Å². The van der Waals surface area contributed by atoms with Crippen molar-refractivity contribution in [1.29, 1.82) is 0 Å². The Labute approximate surface area is 503 Å². The Kier molecular flexibility index (Phi) is 48.7. The Morgan fingerprint density at radius 1 is 0.446 bits per heavy atom. The summed E-state index contributed by atoms with van der Waals surface area (Å²) < 4.78 is 22.9. The Morgan fingerprint density at radius 2 is 0.831 bits per heavy atom. The molecule has 1 amide bonds. The first kappa shape index (κ1) is 76.0. The third kappa shape index (κ3) is 37.9. The van der Waals surface area contributed by atoms with Gasteiger partial charge in [0.1, 0.15) is 48.8 Å². The second kappa shape index (κ2) is 53.2. The fourth-order valence-corrected chi connectivity index (χ4v) is 10.3. The van der Waals surface area contributed by atoms with Gasteiger partial charge in [0, 0.05) is 6.42 Å². The van der Waals surface area contributed by atoms with E-state index in [9.17, 15) is 45.6 Å². The largest absolute Gasteiger partial charge is 0.394 e. The van der Waals surface area contributed by atoms with E-state index in [0.29, 0.717) is 12.8 Å². The predicted octanol–water partition coefficient (Wildman–Crippen LogP) is 12.6. The topological polar surface area (TPSA) is 228 Å². The predicted molar refractivity (Wildman–Crippen MR) is 336 cm³/mol. The van der Waals surface area contributed by atoms with Crippen LogP contribution in [0, 0.1) is 0 Å². The number of hydrogen-bond acceptors (Lipinski definition) is 13. The zero-order chi connectivity index (χ0) is 60.2. The second-order valence-electron chi connectivity index (χ2n) is 22.9. The summed E-state index contributed by atoms with van der Waals surface area (Å²) in [6.45, 7) is 2.73. The SMILES string of the molecule is CC/C=C\C/C=C\C/C=C\C/C=C\C/C=C\C/C=C\C/C=C\C/C=C\CCCCC(=O)NC(COC1OC(CO)C(OC2OC(CO)C(O)C(O)C2O)C(O)C1O)C(O)CCCCCCCCCCCCCCCCCCCCCCCC. The molecule has 2 rings (SSSR count). The van der Waals surface area contributed by atoms with E-state index in [-0.39, 0.29) is 18.9 Å². The quantitative estimate of drug-likeness (QED) is 0.0204. The number of carbonyl (C=O) groups is 1. The lowest BCUT2D eigenvalue weighted by Gasteiger charge is -2.46. The summed E-state index contributed by atoms with van der Waals surface area (Å²) in [7, 11) is 0. The van der Waals surface area contributed by atoms with Crippen LogP contribution >= 0.6 is 0 Å². The van der Waals surface area contributed by atoms with Crippen LogP contribution in [0.25, 0.3) is 0 Å². The molecule has 2 heterocycles. The lowest BCUT2D eigenvalue weighted by Crippen LogP contribution is -2.65. The van der Waals surface area contributed by atoms with E-state index in [4.69, 9.17) is 18.9 Å². The minimum atomic E-state index is -1.79. The van der Waals surface area contributed by atoms with Crippen molar-refractivity contribution in [2.45, 2.75) is 312 Å². The molecule has 12 atom stereocenters. The summed E-state index contributed by atoms with van der Waals surface area (Å²) in [5.41, 5.74) is 0. The lowest BCUT2D eigenvalue weighted by molar-refractivity contribution is -0.359. The molecule has 14 nitrogen and oxygen atoms in total. The van der Waals surface area contributed by atoms with Gasteiger partial charge in [0.15, 0.2) is 12.6 Å². The lowest BCUT2D eigenvalue weighted by atomic mass is 9.97. The van der Waals surface area contributed by atoms with Crippen LogP contribution in [-0.4, -0.2) is 140 Å². The Balaban J connectivity index is 1.74. The molecule has 83 heavy (non-hydrogen) atoms. The molecule has 0 bridgehead atoms. The third-order valence-corrected chi connectivity index (χ3v) is 15.6. The van der Waals surface area contributed by atoms with Gasteiger partial charge in [-0.15, -0.1) is 0 Å². The van der Waals surface area contributed by atoms with E-state index in [0.717, 1.165) is 89.9 Å². The molecule has 2 aliphatic heterocycles. The first-order valence-electron chi connectivity index (χ1n) is 33.0. The highest BCUT2D eigenvalue weighted by Crippen LogP contribution is 2.30. The van der Waals surface area contributed by atoms with Crippen LogP contribution in [-0.2, 0) is 23.7 Å². The average molecular weight is 1170 g/mol. The second-order valence-corrected chi connectivity index (χ2v) is 22.9. The van der Waals surface area contributed by atoms with Crippen molar-refractivity contribution < 1.29 is 64.6 Å². The molecule has 0 saturated carbocycles. The number of allylic oxidation sites excluding steroid dienone is 16. The van der Waals surface area contributed by atoms with Gasteiger partial charge in [-0.25, -0.2) is 0 Å². The monoisotopic (exact) mass is 1170 g/mol. The molecular formula is C69H119NO13. The maximum atomic E-state index is 13.3. The van der Waals surface area contributed by atoms with Gasteiger partial charge in [0.2, 0.25) is 5.91 Å². The molecule has 2 saturated heterocycles. The van der Waals surface area contributed by atoms with Crippen molar-refractivity contribution >= 4 is 5.91 Å². The number of nitrogens with one attached hydrogen (secondary N) is 1. The van der Waals surface area contributed by atoms with Crippen LogP contribution in [0.2, 0.25) is 0 Å². The number of unbranched alkanes of at least 4 members (excludes halogenated alkanes) is 23. The molecule has 478 valence electrons. The highest BCUT2D eigenvalue weighted by atomic mass is 16.7. The van der Waals surface area contributed by atoms with Gasteiger partial charge in [0.05, 0.1) is 32.0 Å². The summed E-state index contributed by atoms with van der Waals surface area (Å²) in [5.74, 6) is -0.251. The molecule has 0 aromatic rings. The highest BCUT2D eigenvalue weighted by Gasteiger charge is 2.51. The molecule has 0 radical (unpaired) electrons. The van der Waals surface area contributed by atoms with Crippen LogP contribution in [0.4, 0.5) is 0 Å². The number of rotatable bonds is 52. The Hall–Kier alpha value is -3.09. The first-order valence-corrected chi connectivity index (χ1v) is 33.0. The molecule has 2 aliphatic rings. The van der Waals surface area contributed by atoms with Gasteiger partial charge in [-0.3, -0.25) is 4.79 Å². The van der Waals surface area contributed by atoms with Crippen LogP contribution in [0.15, 0.2) is 97.2 Å². The fraction of sp³-hybridized carbons (Fsp3) is 0.754. The number of aliphatic hydroxyl groups is 8. The molecule has 0 aromatic carbocycles. The number of carbonyl (C=O) groups excluding carboxylic acids is 1. The van der Waals surface area contributed by atoms with Crippen molar-refractivity contribution in [3.05, 3.63) is 97.2 Å². The van der Waals surface area contributed by atoms with Crippen LogP contribution in [0.5, 0.6) is 0 Å². The first-order chi connectivity index (χ1) is 40.6. The Bertz CT molecular complexity index is 1760. The Morgan fingerprint density at radius 3 is 1.25 bits per heavy atom. The number of ether oxygens (including phenoxy) is 4. The van der Waals surface area contributed by atoms with E-state index in [2.05, 4.69) is 116 Å². The minimum Gasteiger partial charge on any atom is -0.394 e. The normalized spacial score (nSPS) is 24.5. The van der Waals surface area contributed by atoms with Crippen LogP contribution < -0.4 is 5.32 Å². The standard InChI is InChI=1S/C69H119NO13/c1-3-5-7-9-11-13-15-17-19-21-23-25-27-28-29-30-31-33-35-37-39-41-43-45-47-49-51-53-61(74)70-57(56-80-68-66(79)64(77)67(60(55-72)82-68)83-69-65(78)63(76)62(75)59(54-71)81-69)58(73)52-50-48-46-44-42-40-38-36-34-32-26-24-22-20-18-16-14-12-10-8-6-4-2/h5,7,11,13,17,19,23,25,28-29,31,33,37,39,43,45,57-60,62-69,71-73,75-79H,3-4,6,8-10,12,14-16,18,20-22,24,26-27,30,32,34-36,38,40-42,44,46-56H2,1-2H3,(H,70,74)/b7-5-,13-11-,19-17-,25-23-,29-28-,33-31-,39-37-,45-43-. The minimum absolute atomic E-state index is 0.243. The van der Waals surface area contributed by atoms with Crippen molar-refractivity contribution in [3.8, 4) is 0 Å². The summed E-state index contributed by atoms with van der Waals surface area (Å²) in [6.07, 6.45) is 56.9. The summed E-state index contributed by atoms with van der Waals surface area (Å²) >= 11 is 0. The maximum absolute atomic E-state index is 13.3. The average Bonchev–Trinajstić information content (AvgIpc) is 3.65. The highest BCUT2D eigenvalue weighted by molar-refractivity contribution is 5.76. The summed E-state index contributed by atoms with van der Waals surface area (Å²) in [5, 5.41) is 87.5. The van der Waals surface area contributed by atoms with Gasteiger partial charge in [0.25, 0.3) is 0 Å². The smallest absolute Gasteiger partial charge is 0.220 e. The van der Waals surface area contributed by atoms with Crippen LogP contribution in [0.3, 0.4) is 0 Å². The molecule has 9 N–H and O–H groups in total. The summed E-state index contributed by atoms with van der Waals surface area (Å²) in [6, 6.07) is -0.861. The van der Waals surface area contributed by atoms with Gasteiger partial charge >= 0.3 is 0 Å². The van der Waals surface area contributed by atoms with E-state index < -0.39 is 86.8 Å². The molecule has 0 spiro atoms. The summed E-state index contributed by atoms with van der Waals surface area (Å²) in [4.78, 5) is 13.3. The van der Waals surface area contributed by atoms with Gasteiger partial charge in [-0.2, -0.15) is 0 Å². The molecule has 14 heteroatoms. The van der Waals surface area contributed by atoms with Crippen molar-refractivity contribution in [1.82, 2.24) is 5.32 Å². The zero-order valence-corrected chi connectivity index (χ0v) is 51.7. The number of aliphatic hydroxyl groups excluding tert-OH is 8. The van der Waals surface area contributed by atoms with Crippen molar-refractivity contribution in [2.24, 2.45) is 0 Å². The molecule has 12 unspecified atom stereocenters. The number of hydrogen-bond donors (Lipinski definition) is 9. The molecule has 0 aromatic heterocycles. The molecule has 0 aliphatic carbocycles. The van der Waals surface area contributed by atoms with E-state index in [1.54, 1.807) is 0 Å². The van der Waals surface area contributed by atoms with Crippen molar-refractivity contribution in [2.75, 3.05) is 19.8 Å². The van der Waals surface area contributed by atoms with E-state index in [1.807, 2.05) is 0 Å². The van der Waals surface area contributed by atoms with E-state index >= 15 is 0 Å². The van der Waals surface area contributed by atoms with Crippen molar-refractivity contribution in [3.63, 3.8) is 0 Å². The molecule has 2 fully saturated rings. The maximum Gasteiger partial charge on any atom is 0.220 e. The molecular weight excluding hydrogens is 1050 g/mol. The fourth-order valence-electron chi connectivity index (χ4n) is 10.3. The number of amides is 1. The zero-order valence-electron chi connectivity index (χ0n) is 51.7. The van der Waals surface area contributed by atoms with Crippen LogP contribution in [0.1, 0.15) is 239 Å². The third-order valence-electron chi connectivity index (χ3n) is 15.6. The van der Waals surface area contributed by atoms with Gasteiger partial charge in [-0.05, 0) is 77.0 Å². The van der Waals surface area contributed by atoms with Gasteiger partial charge < -0.3 is 65.1 Å².